The summed E-state index contributed by atoms with van der Waals surface area (Å²) in [4.78, 5) is 2.23. The van der Waals surface area contributed by atoms with Crippen LogP contribution in [0.1, 0.15) is 12.8 Å². The molecule has 1 aromatic rings. The Morgan fingerprint density at radius 3 is 2.41 bits per heavy atom. The highest BCUT2D eigenvalue weighted by Crippen LogP contribution is 2.34. The van der Waals surface area contributed by atoms with Crippen LogP contribution < -0.4 is 10.6 Å². The first-order valence-electron chi connectivity index (χ1n) is 5.64. The van der Waals surface area contributed by atoms with E-state index in [0.717, 1.165) is 31.6 Å². The number of nitrogen functional groups attached to an aromatic ring is 1. The van der Waals surface area contributed by atoms with Crippen LogP contribution in [-0.2, 0) is 4.74 Å². The number of ether oxygens (including phenoxy) is 1. The molecule has 1 aromatic carbocycles. The summed E-state index contributed by atoms with van der Waals surface area (Å²) in [5.41, 5.74) is 7.62. The second-order valence-corrected chi connectivity index (χ2v) is 5.06. The van der Waals surface area contributed by atoms with Gasteiger partial charge < -0.3 is 15.4 Å². The van der Waals surface area contributed by atoms with Crippen molar-refractivity contribution in [3.63, 3.8) is 0 Å². The van der Waals surface area contributed by atoms with Crippen LogP contribution in [0.2, 0.25) is 10.0 Å². The lowest BCUT2D eigenvalue weighted by molar-refractivity contribution is 0.0819. The quantitative estimate of drug-likeness (QED) is 0.842. The number of benzene rings is 1. The molecule has 2 N–H and O–H groups in total. The zero-order valence-electron chi connectivity index (χ0n) is 9.75. The van der Waals surface area contributed by atoms with Crippen LogP contribution in [0.5, 0.6) is 0 Å². The molecular weight excluding hydrogens is 259 g/mol. The molecule has 0 unspecified atom stereocenters. The van der Waals surface area contributed by atoms with Gasteiger partial charge in [0.2, 0.25) is 0 Å². The molecule has 0 radical (unpaired) electrons. The van der Waals surface area contributed by atoms with Crippen molar-refractivity contribution in [1.82, 2.24) is 0 Å². The molecule has 0 saturated carbocycles. The Morgan fingerprint density at radius 1 is 1.24 bits per heavy atom. The molecule has 3 nitrogen and oxygen atoms in total. The second-order valence-electron chi connectivity index (χ2n) is 4.25. The minimum absolute atomic E-state index is 0.357. The van der Waals surface area contributed by atoms with Crippen LogP contribution in [0.4, 0.5) is 11.4 Å². The Labute approximate surface area is 111 Å². The third-order valence-electron chi connectivity index (χ3n) is 3.19. The van der Waals surface area contributed by atoms with E-state index in [4.69, 9.17) is 33.7 Å². The first kappa shape index (κ1) is 12.8. The van der Waals surface area contributed by atoms with Crippen molar-refractivity contribution < 1.29 is 4.74 Å². The summed E-state index contributed by atoms with van der Waals surface area (Å²) in [7, 11) is 1.76. The average Bonchev–Trinajstić information content (AvgIpc) is 2.34. The van der Waals surface area contributed by atoms with E-state index in [0.29, 0.717) is 21.8 Å². The van der Waals surface area contributed by atoms with Crippen molar-refractivity contribution in [2.75, 3.05) is 30.8 Å². The minimum atomic E-state index is 0.357. The number of rotatable bonds is 2. The Balaban J connectivity index is 2.16. The fourth-order valence-electron chi connectivity index (χ4n) is 2.16. The predicted octanol–water partition coefficient (Wildman–Crippen LogP) is 3.19. The van der Waals surface area contributed by atoms with Gasteiger partial charge in [-0.3, -0.25) is 0 Å². The highest BCUT2D eigenvalue weighted by Gasteiger charge is 2.20. The molecule has 2 rings (SSSR count). The van der Waals surface area contributed by atoms with Crippen molar-refractivity contribution in [3.8, 4) is 0 Å². The Bertz CT molecular complexity index is 404. The standard InChI is InChI=1S/C12H16Cl2N2O/c1-17-8-2-4-16(5-3-8)12-7-10(14)9(13)6-11(12)15/h6-8H,2-5,15H2,1H3. The summed E-state index contributed by atoms with van der Waals surface area (Å²) in [5.74, 6) is 0. The Hall–Kier alpha value is -0.640. The highest BCUT2D eigenvalue weighted by molar-refractivity contribution is 6.42. The van der Waals surface area contributed by atoms with Gasteiger partial charge in [-0.2, -0.15) is 0 Å². The van der Waals surface area contributed by atoms with Crippen LogP contribution in [0, 0.1) is 0 Å². The fraction of sp³-hybridized carbons (Fsp3) is 0.500. The van der Waals surface area contributed by atoms with Gasteiger partial charge >= 0.3 is 0 Å². The average molecular weight is 275 g/mol. The second kappa shape index (κ2) is 5.34. The van der Waals surface area contributed by atoms with E-state index in [1.165, 1.54) is 0 Å². The first-order chi connectivity index (χ1) is 8.11. The van der Waals surface area contributed by atoms with Crippen LogP contribution in [-0.4, -0.2) is 26.3 Å². The number of methoxy groups -OCH3 is 1. The fourth-order valence-corrected chi connectivity index (χ4v) is 2.49. The maximum Gasteiger partial charge on any atom is 0.0615 e. The SMILES string of the molecule is COC1CCN(c2cc(Cl)c(Cl)cc2N)CC1. The maximum absolute atomic E-state index is 6.02. The number of nitrogens with zero attached hydrogens (tertiary/aromatic N) is 1. The molecule has 1 aliphatic heterocycles. The lowest BCUT2D eigenvalue weighted by Gasteiger charge is -2.33. The molecule has 0 aliphatic carbocycles. The monoisotopic (exact) mass is 274 g/mol. The minimum Gasteiger partial charge on any atom is -0.397 e. The van der Waals surface area contributed by atoms with Crippen LogP contribution in [0.15, 0.2) is 12.1 Å². The maximum atomic E-state index is 6.02. The summed E-state index contributed by atoms with van der Waals surface area (Å²) in [6, 6.07) is 3.55. The number of nitrogens with two attached hydrogens (primary N) is 1. The molecule has 94 valence electrons. The predicted molar refractivity (Wildman–Crippen MR) is 73.1 cm³/mol. The van der Waals surface area contributed by atoms with Gasteiger partial charge in [-0.1, -0.05) is 23.2 Å². The summed E-state index contributed by atoms with van der Waals surface area (Å²) in [5, 5.41) is 1.05. The van der Waals surface area contributed by atoms with Crippen molar-refractivity contribution >= 4 is 34.6 Å². The number of piperidine rings is 1. The van der Waals surface area contributed by atoms with Crippen molar-refractivity contribution in [1.29, 1.82) is 0 Å². The topological polar surface area (TPSA) is 38.5 Å². The lowest BCUT2D eigenvalue weighted by atomic mass is 10.1. The van der Waals surface area contributed by atoms with E-state index in [-0.39, 0.29) is 0 Å². The van der Waals surface area contributed by atoms with Crippen molar-refractivity contribution in [3.05, 3.63) is 22.2 Å². The third kappa shape index (κ3) is 2.79. The van der Waals surface area contributed by atoms with E-state index in [1.54, 1.807) is 13.2 Å². The summed E-state index contributed by atoms with van der Waals surface area (Å²) in [6.07, 6.45) is 2.38. The first-order valence-corrected chi connectivity index (χ1v) is 6.39. The van der Waals surface area contributed by atoms with Gasteiger partial charge in [0.1, 0.15) is 0 Å². The van der Waals surface area contributed by atoms with Gasteiger partial charge in [0.15, 0.2) is 0 Å². The molecule has 0 amide bonds. The van der Waals surface area contributed by atoms with Gasteiger partial charge in [-0.05, 0) is 25.0 Å². The van der Waals surface area contributed by atoms with Crippen LogP contribution in [0.25, 0.3) is 0 Å². The van der Waals surface area contributed by atoms with E-state index < -0.39 is 0 Å². The molecule has 0 bridgehead atoms. The lowest BCUT2D eigenvalue weighted by Crippen LogP contribution is -2.37. The van der Waals surface area contributed by atoms with Crippen LogP contribution >= 0.6 is 23.2 Å². The summed E-state index contributed by atoms with van der Waals surface area (Å²) < 4.78 is 5.34. The van der Waals surface area contributed by atoms with Crippen molar-refractivity contribution in [2.45, 2.75) is 18.9 Å². The molecule has 1 saturated heterocycles. The number of hydrogen-bond donors (Lipinski definition) is 1. The van der Waals surface area contributed by atoms with E-state index in [9.17, 15) is 0 Å². The molecule has 1 heterocycles. The molecule has 0 atom stereocenters. The Morgan fingerprint density at radius 2 is 1.82 bits per heavy atom. The zero-order chi connectivity index (χ0) is 12.4. The number of hydrogen-bond acceptors (Lipinski definition) is 3. The molecular formula is C12H16Cl2N2O. The van der Waals surface area contributed by atoms with E-state index in [1.807, 2.05) is 6.07 Å². The molecule has 1 fully saturated rings. The van der Waals surface area contributed by atoms with Gasteiger partial charge in [0, 0.05) is 20.2 Å². The molecule has 0 aromatic heterocycles. The molecule has 0 spiro atoms. The number of anilines is 2. The largest absolute Gasteiger partial charge is 0.397 e. The zero-order valence-corrected chi connectivity index (χ0v) is 11.3. The van der Waals surface area contributed by atoms with E-state index in [2.05, 4.69) is 4.90 Å². The van der Waals surface area contributed by atoms with Gasteiger partial charge in [0.05, 0.1) is 27.5 Å². The van der Waals surface area contributed by atoms with Gasteiger partial charge in [-0.15, -0.1) is 0 Å². The third-order valence-corrected chi connectivity index (χ3v) is 3.91. The normalized spacial score (nSPS) is 17.5. The molecule has 17 heavy (non-hydrogen) atoms. The van der Waals surface area contributed by atoms with Gasteiger partial charge in [-0.25, -0.2) is 0 Å². The molecule has 5 heteroatoms. The highest BCUT2D eigenvalue weighted by atomic mass is 35.5. The Kier molecular flexibility index (Phi) is 4.02. The van der Waals surface area contributed by atoms with Crippen LogP contribution in [0.3, 0.4) is 0 Å². The van der Waals surface area contributed by atoms with Gasteiger partial charge in [0.25, 0.3) is 0 Å². The molecule has 1 aliphatic rings. The summed E-state index contributed by atoms with van der Waals surface area (Å²) >= 11 is 11.9. The van der Waals surface area contributed by atoms with E-state index >= 15 is 0 Å². The summed E-state index contributed by atoms with van der Waals surface area (Å²) in [6.45, 7) is 1.86. The van der Waals surface area contributed by atoms with Crippen molar-refractivity contribution in [2.24, 2.45) is 0 Å². The number of halogens is 2. The smallest absolute Gasteiger partial charge is 0.0615 e.